The fourth-order valence-corrected chi connectivity index (χ4v) is 3.54. The molecule has 0 radical (unpaired) electrons. The number of anilines is 2. The van der Waals surface area contributed by atoms with Crippen LogP contribution < -0.4 is 15.5 Å². The van der Waals surface area contributed by atoms with E-state index >= 15 is 0 Å². The van der Waals surface area contributed by atoms with Crippen molar-refractivity contribution in [1.82, 2.24) is 15.3 Å². The highest BCUT2D eigenvalue weighted by molar-refractivity contribution is 7.12. The number of aliphatic hydroxyl groups is 1. The van der Waals surface area contributed by atoms with Gasteiger partial charge in [-0.3, -0.25) is 4.79 Å². The van der Waals surface area contributed by atoms with Gasteiger partial charge in [-0.25, -0.2) is 9.97 Å². The van der Waals surface area contributed by atoms with Gasteiger partial charge < -0.3 is 20.6 Å². The SMILES string of the molecule is O=C(NCCNc1cc(N2CCCC(CO)C2)ncn1)c1cccs1. The number of carbonyl (C=O) groups excluding carboxylic acids is 1. The van der Waals surface area contributed by atoms with E-state index in [0.717, 1.165) is 37.6 Å². The molecule has 1 fully saturated rings. The number of carbonyl (C=O) groups is 1. The lowest BCUT2D eigenvalue weighted by Crippen LogP contribution is -2.37. The van der Waals surface area contributed by atoms with Crippen LogP contribution in [0.3, 0.4) is 0 Å². The highest BCUT2D eigenvalue weighted by Crippen LogP contribution is 2.22. The fraction of sp³-hybridized carbons (Fsp3) is 0.471. The molecule has 1 saturated heterocycles. The minimum atomic E-state index is -0.0523. The molecule has 0 spiro atoms. The van der Waals surface area contributed by atoms with Crippen LogP contribution in [0.25, 0.3) is 0 Å². The van der Waals surface area contributed by atoms with Crippen molar-refractivity contribution in [2.24, 2.45) is 5.92 Å². The van der Waals surface area contributed by atoms with E-state index in [4.69, 9.17) is 0 Å². The fourth-order valence-electron chi connectivity index (χ4n) is 2.90. The summed E-state index contributed by atoms with van der Waals surface area (Å²) < 4.78 is 0. The lowest BCUT2D eigenvalue weighted by molar-refractivity contribution is 0.0959. The Hall–Kier alpha value is -2.19. The summed E-state index contributed by atoms with van der Waals surface area (Å²) in [6.45, 7) is 3.10. The number of amides is 1. The third-order valence-electron chi connectivity index (χ3n) is 4.22. The van der Waals surface area contributed by atoms with Crippen molar-refractivity contribution in [1.29, 1.82) is 0 Å². The number of nitrogens with zero attached hydrogens (tertiary/aromatic N) is 3. The predicted molar refractivity (Wildman–Crippen MR) is 99.2 cm³/mol. The molecule has 8 heteroatoms. The third-order valence-corrected chi connectivity index (χ3v) is 5.08. The van der Waals surface area contributed by atoms with Gasteiger partial charge in [-0.2, -0.15) is 0 Å². The Bertz CT molecular complexity index is 679. The van der Waals surface area contributed by atoms with Gasteiger partial charge in [0.1, 0.15) is 18.0 Å². The molecule has 1 aliphatic heterocycles. The first-order valence-electron chi connectivity index (χ1n) is 8.49. The normalized spacial score (nSPS) is 17.3. The molecule has 3 heterocycles. The molecule has 3 N–H and O–H groups in total. The summed E-state index contributed by atoms with van der Waals surface area (Å²) in [6.07, 6.45) is 3.67. The highest BCUT2D eigenvalue weighted by Gasteiger charge is 2.20. The molecular formula is C17H23N5O2S. The van der Waals surface area contributed by atoms with Gasteiger partial charge >= 0.3 is 0 Å². The van der Waals surface area contributed by atoms with Crippen molar-refractivity contribution in [3.8, 4) is 0 Å². The summed E-state index contributed by atoms with van der Waals surface area (Å²) in [5.41, 5.74) is 0. The highest BCUT2D eigenvalue weighted by atomic mass is 32.1. The van der Waals surface area contributed by atoms with Gasteiger partial charge in [0.15, 0.2) is 0 Å². The van der Waals surface area contributed by atoms with E-state index in [1.165, 1.54) is 11.3 Å². The third kappa shape index (κ3) is 4.90. The molecule has 3 rings (SSSR count). The van der Waals surface area contributed by atoms with Crippen LogP contribution in [0.5, 0.6) is 0 Å². The number of piperidine rings is 1. The smallest absolute Gasteiger partial charge is 0.261 e. The topological polar surface area (TPSA) is 90.4 Å². The Morgan fingerprint density at radius 2 is 2.32 bits per heavy atom. The van der Waals surface area contributed by atoms with Crippen molar-refractivity contribution < 1.29 is 9.90 Å². The maximum atomic E-state index is 11.9. The first kappa shape index (κ1) is 17.6. The summed E-state index contributed by atoms with van der Waals surface area (Å²) in [7, 11) is 0. The van der Waals surface area contributed by atoms with E-state index in [-0.39, 0.29) is 12.5 Å². The van der Waals surface area contributed by atoms with Gasteiger partial charge in [0.25, 0.3) is 5.91 Å². The van der Waals surface area contributed by atoms with Crippen LogP contribution in [-0.2, 0) is 0 Å². The predicted octanol–water partition coefficient (Wildman–Crippen LogP) is 1.59. The van der Waals surface area contributed by atoms with Crippen LogP contribution in [0, 0.1) is 5.92 Å². The van der Waals surface area contributed by atoms with Crippen molar-refractivity contribution in [2.75, 3.05) is 43.0 Å². The molecule has 1 amide bonds. The number of hydrogen-bond donors (Lipinski definition) is 3. The summed E-state index contributed by atoms with van der Waals surface area (Å²) in [6, 6.07) is 5.59. The minimum Gasteiger partial charge on any atom is -0.396 e. The Balaban J connectivity index is 1.47. The summed E-state index contributed by atoms with van der Waals surface area (Å²) in [5.74, 6) is 1.87. The number of rotatable bonds is 7. The minimum absolute atomic E-state index is 0.0523. The van der Waals surface area contributed by atoms with E-state index in [9.17, 15) is 9.90 Å². The largest absolute Gasteiger partial charge is 0.396 e. The second kappa shape index (κ2) is 8.77. The monoisotopic (exact) mass is 361 g/mol. The lowest BCUT2D eigenvalue weighted by atomic mass is 9.99. The van der Waals surface area contributed by atoms with Crippen LogP contribution in [-0.4, -0.2) is 53.8 Å². The molecule has 134 valence electrons. The van der Waals surface area contributed by atoms with E-state index < -0.39 is 0 Å². The summed E-state index contributed by atoms with van der Waals surface area (Å²) in [4.78, 5) is 23.3. The van der Waals surface area contributed by atoms with Gasteiger partial charge in [0.05, 0.1) is 4.88 Å². The molecule has 0 aliphatic carbocycles. The summed E-state index contributed by atoms with van der Waals surface area (Å²) >= 11 is 1.43. The van der Waals surface area contributed by atoms with Gasteiger partial charge in [0.2, 0.25) is 0 Å². The van der Waals surface area contributed by atoms with Crippen LogP contribution in [0.1, 0.15) is 22.5 Å². The maximum absolute atomic E-state index is 11.9. The second-order valence-corrected chi connectivity index (χ2v) is 7.01. The zero-order chi connectivity index (χ0) is 17.5. The Labute approximate surface area is 151 Å². The molecule has 0 aromatic carbocycles. The van der Waals surface area contributed by atoms with Crippen molar-refractivity contribution >= 4 is 28.9 Å². The molecule has 1 unspecified atom stereocenters. The quantitative estimate of drug-likeness (QED) is 0.649. The first-order valence-corrected chi connectivity index (χ1v) is 9.37. The van der Waals surface area contributed by atoms with Crippen molar-refractivity contribution in [3.63, 3.8) is 0 Å². The lowest BCUT2D eigenvalue weighted by Gasteiger charge is -2.32. The van der Waals surface area contributed by atoms with Gasteiger partial charge in [-0.1, -0.05) is 6.07 Å². The van der Waals surface area contributed by atoms with E-state index in [1.54, 1.807) is 6.33 Å². The van der Waals surface area contributed by atoms with Gasteiger partial charge in [0, 0.05) is 38.9 Å². The molecule has 2 aromatic rings. The number of aliphatic hydroxyl groups excluding tert-OH is 1. The van der Waals surface area contributed by atoms with E-state index in [2.05, 4.69) is 25.5 Å². The summed E-state index contributed by atoms with van der Waals surface area (Å²) in [5, 5.41) is 17.3. The zero-order valence-electron chi connectivity index (χ0n) is 14.0. The Morgan fingerprint density at radius 1 is 1.40 bits per heavy atom. The molecule has 7 nitrogen and oxygen atoms in total. The molecule has 2 aromatic heterocycles. The van der Waals surface area contributed by atoms with E-state index in [0.29, 0.717) is 23.9 Å². The van der Waals surface area contributed by atoms with Crippen LogP contribution >= 0.6 is 11.3 Å². The molecule has 1 aliphatic rings. The van der Waals surface area contributed by atoms with Gasteiger partial charge in [-0.05, 0) is 30.2 Å². The zero-order valence-corrected chi connectivity index (χ0v) is 14.8. The van der Waals surface area contributed by atoms with Crippen molar-refractivity contribution in [2.45, 2.75) is 12.8 Å². The standard InChI is InChI=1S/C17H23N5O2S/c23-11-13-3-1-7-22(10-13)16-9-15(20-12-21-16)18-5-6-19-17(24)14-4-2-8-25-14/h2,4,8-9,12-13,23H,1,3,5-7,10-11H2,(H,19,24)(H,18,20,21). The second-order valence-electron chi connectivity index (χ2n) is 6.06. The molecule has 0 saturated carbocycles. The molecule has 1 atom stereocenters. The number of hydrogen-bond acceptors (Lipinski definition) is 7. The average molecular weight is 361 g/mol. The maximum Gasteiger partial charge on any atom is 0.261 e. The first-order chi connectivity index (χ1) is 12.3. The van der Waals surface area contributed by atoms with Crippen molar-refractivity contribution in [3.05, 3.63) is 34.8 Å². The molecule has 25 heavy (non-hydrogen) atoms. The number of nitrogens with one attached hydrogen (secondary N) is 2. The van der Waals surface area contributed by atoms with Crippen LogP contribution in [0.2, 0.25) is 0 Å². The van der Waals surface area contributed by atoms with Crippen LogP contribution in [0.4, 0.5) is 11.6 Å². The molecule has 0 bridgehead atoms. The van der Waals surface area contributed by atoms with Gasteiger partial charge in [-0.15, -0.1) is 11.3 Å². The number of aromatic nitrogens is 2. The Kier molecular flexibility index (Phi) is 6.19. The average Bonchev–Trinajstić information content (AvgIpc) is 3.20. The number of thiophene rings is 1. The molecular weight excluding hydrogens is 338 g/mol. The van der Waals surface area contributed by atoms with E-state index in [1.807, 2.05) is 23.6 Å². The Morgan fingerprint density at radius 3 is 3.12 bits per heavy atom. The van der Waals surface area contributed by atoms with Crippen LogP contribution in [0.15, 0.2) is 29.9 Å².